The van der Waals surface area contributed by atoms with Gasteiger partial charge < -0.3 is 14.1 Å². The predicted octanol–water partition coefficient (Wildman–Crippen LogP) is 2.00. The largest absolute Gasteiger partial charge is 0.467 e. The van der Waals surface area contributed by atoms with E-state index in [0.29, 0.717) is 6.54 Å². The van der Waals surface area contributed by atoms with Gasteiger partial charge in [-0.15, -0.1) is 0 Å². The Morgan fingerprint density at radius 3 is 2.90 bits per heavy atom. The number of furan rings is 1. The second-order valence-corrected chi connectivity index (χ2v) is 5.66. The minimum atomic E-state index is -0.587. The number of nitrogens with one attached hydrogen (secondary N) is 1. The summed E-state index contributed by atoms with van der Waals surface area (Å²) in [5.41, 5.74) is -0.587. The lowest BCUT2D eigenvalue weighted by atomic mass is 10.0. The van der Waals surface area contributed by atoms with Gasteiger partial charge in [-0.25, -0.2) is 4.98 Å². The molecule has 0 aromatic carbocycles. The number of imidazole rings is 1. The fourth-order valence-corrected chi connectivity index (χ4v) is 2.93. The van der Waals surface area contributed by atoms with Crippen LogP contribution in [0.25, 0.3) is 0 Å². The molecule has 3 rings (SSSR count). The molecule has 0 saturated heterocycles. The van der Waals surface area contributed by atoms with Crippen molar-refractivity contribution in [2.24, 2.45) is 7.05 Å². The van der Waals surface area contributed by atoms with E-state index in [4.69, 9.17) is 4.42 Å². The molecular formula is C15H21N3O2. The standard InChI is InChI=1S/C15H21N3O2/c1-18-9-8-16-14(18)13(12-5-4-10-20-12)17-11-15(19)6-2-3-7-15/h4-5,8-10,13,17,19H,2-3,6-7,11H2,1H3. The average molecular weight is 275 g/mol. The highest BCUT2D eigenvalue weighted by Crippen LogP contribution is 2.30. The summed E-state index contributed by atoms with van der Waals surface area (Å²) in [7, 11) is 1.96. The van der Waals surface area contributed by atoms with Gasteiger partial charge in [0, 0.05) is 26.0 Å². The molecule has 108 valence electrons. The molecule has 2 aromatic rings. The summed E-state index contributed by atoms with van der Waals surface area (Å²) < 4.78 is 7.50. The Morgan fingerprint density at radius 1 is 1.50 bits per heavy atom. The minimum Gasteiger partial charge on any atom is -0.467 e. The first-order valence-corrected chi connectivity index (χ1v) is 7.14. The number of rotatable bonds is 5. The summed E-state index contributed by atoms with van der Waals surface area (Å²) in [4.78, 5) is 4.40. The fraction of sp³-hybridized carbons (Fsp3) is 0.533. The lowest BCUT2D eigenvalue weighted by Gasteiger charge is -2.25. The van der Waals surface area contributed by atoms with E-state index in [0.717, 1.165) is 37.3 Å². The van der Waals surface area contributed by atoms with E-state index in [9.17, 15) is 5.11 Å². The Bertz CT molecular complexity index is 541. The van der Waals surface area contributed by atoms with E-state index in [-0.39, 0.29) is 6.04 Å². The van der Waals surface area contributed by atoms with Crippen molar-refractivity contribution in [3.63, 3.8) is 0 Å². The van der Waals surface area contributed by atoms with Crippen LogP contribution in [0.3, 0.4) is 0 Å². The van der Waals surface area contributed by atoms with Crippen molar-refractivity contribution in [2.45, 2.75) is 37.3 Å². The van der Waals surface area contributed by atoms with E-state index >= 15 is 0 Å². The molecule has 0 radical (unpaired) electrons. The maximum atomic E-state index is 10.5. The van der Waals surface area contributed by atoms with Crippen molar-refractivity contribution >= 4 is 0 Å². The van der Waals surface area contributed by atoms with E-state index in [1.54, 1.807) is 12.5 Å². The van der Waals surface area contributed by atoms with E-state index in [2.05, 4.69) is 10.3 Å². The first-order valence-electron chi connectivity index (χ1n) is 7.14. The quantitative estimate of drug-likeness (QED) is 0.876. The van der Waals surface area contributed by atoms with Gasteiger partial charge in [-0.05, 0) is 25.0 Å². The smallest absolute Gasteiger partial charge is 0.133 e. The van der Waals surface area contributed by atoms with Gasteiger partial charge in [-0.1, -0.05) is 12.8 Å². The monoisotopic (exact) mass is 275 g/mol. The Morgan fingerprint density at radius 2 is 2.30 bits per heavy atom. The second kappa shape index (κ2) is 5.42. The van der Waals surface area contributed by atoms with Gasteiger partial charge in [0.25, 0.3) is 0 Å². The van der Waals surface area contributed by atoms with Crippen LogP contribution in [0.4, 0.5) is 0 Å². The van der Waals surface area contributed by atoms with Crippen LogP contribution in [-0.2, 0) is 7.05 Å². The van der Waals surface area contributed by atoms with Crippen LogP contribution in [0.1, 0.15) is 43.3 Å². The molecule has 1 unspecified atom stereocenters. The molecule has 0 aliphatic heterocycles. The van der Waals surface area contributed by atoms with Gasteiger partial charge in [0.2, 0.25) is 0 Å². The molecule has 2 heterocycles. The molecule has 5 heteroatoms. The topological polar surface area (TPSA) is 63.2 Å². The third-order valence-corrected chi connectivity index (χ3v) is 4.11. The number of aromatic nitrogens is 2. The number of aliphatic hydroxyl groups is 1. The Balaban J connectivity index is 1.78. The van der Waals surface area contributed by atoms with Crippen molar-refractivity contribution in [3.8, 4) is 0 Å². The van der Waals surface area contributed by atoms with Crippen LogP contribution in [0.2, 0.25) is 0 Å². The van der Waals surface area contributed by atoms with Gasteiger partial charge in [-0.3, -0.25) is 5.32 Å². The minimum absolute atomic E-state index is 0.130. The van der Waals surface area contributed by atoms with Crippen molar-refractivity contribution in [3.05, 3.63) is 42.4 Å². The first-order chi connectivity index (χ1) is 9.68. The zero-order valence-electron chi connectivity index (χ0n) is 11.7. The van der Waals surface area contributed by atoms with Gasteiger partial charge in [0.05, 0.1) is 11.9 Å². The van der Waals surface area contributed by atoms with Crippen LogP contribution >= 0.6 is 0 Å². The first kappa shape index (κ1) is 13.4. The highest BCUT2D eigenvalue weighted by atomic mass is 16.3. The highest BCUT2D eigenvalue weighted by Gasteiger charge is 2.32. The van der Waals surface area contributed by atoms with E-state index in [1.807, 2.05) is 29.9 Å². The third kappa shape index (κ3) is 2.64. The molecule has 2 N–H and O–H groups in total. The summed E-state index contributed by atoms with van der Waals surface area (Å²) in [6.07, 6.45) is 9.29. The van der Waals surface area contributed by atoms with Gasteiger partial charge in [0.15, 0.2) is 0 Å². The number of hydrogen-bond donors (Lipinski definition) is 2. The van der Waals surface area contributed by atoms with Crippen molar-refractivity contribution in [2.75, 3.05) is 6.54 Å². The highest BCUT2D eigenvalue weighted by molar-refractivity contribution is 5.16. The Kier molecular flexibility index (Phi) is 3.63. The summed E-state index contributed by atoms with van der Waals surface area (Å²) in [5.74, 6) is 1.71. The molecule has 0 spiro atoms. The normalized spacial score (nSPS) is 19.3. The molecule has 5 nitrogen and oxygen atoms in total. The van der Waals surface area contributed by atoms with Crippen LogP contribution in [0, 0.1) is 0 Å². The summed E-state index contributed by atoms with van der Waals surface area (Å²) >= 11 is 0. The fourth-order valence-electron chi connectivity index (χ4n) is 2.93. The lowest BCUT2D eigenvalue weighted by Crippen LogP contribution is -2.40. The zero-order valence-corrected chi connectivity index (χ0v) is 11.7. The summed E-state index contributed by atoms with van der Waals surface area (Å²) in [5, 5.41) is 13.9. The van der Waals surface area contributed by atoms with Crippen LogP contribution < -0.4 is 5.32 Å². The van der Waals surface area contributed by atoms with Crippen LogP contribution in [-0.4, -0.2) is 26.8 Å². The van der Waals surface area contributed by atoms with Crippen molar-refractivity contribution in [1.29, 1.82) is 0 Å². The van der Waals surface area contributed by atoms with Gasteiger partial charge in [0.1, 0.15) is 17.6 Å². The van der Waals surface area contributed by atoms with Gasteiger partial charge >= 0.3 is 0 Å². The number of nitrogens with zero attached hydrogens (tertiary/aromatic N) is 2. The maximum Gasteiger partial charge on any atom is 0.133 e. The van der Waals surface area contributed by atoms with Crippen molar-refractivity contribution in [1.82, 2.24) is 14.9 Å². The Hall–Kier alpha value is -1.59. The van der Waals surface area contributed by atoms with Crippen molar-refractivity contribution < 1.29 is 9.52 Å². The number of hydrogen-bond acceptors (Lipinski definition) is 4. The van der Waals surface area contributed by atoms with E-state index < -0.39 is 5.60 Å². The molecule has 0 amide bonds. The SMILES string of the molecule is Cn1ccnc1C(NCC1(O)CCCC1)c1ccco1. The molecule has 1 fully saturated rings. The molecule has 1 aliphatic carbocycles. The van der Waals surface area contributed by atoms with E-state index in [1.165, 1.54) is 0 Å². The molecule has 1 atom stereocenters. The maximum absolute atomic E-state index is 10.5. The van der Waals surface area contributed by atoms with Crippen LogP contribution in [0.5, 0.6) is 0 Å². The molecule has 1 aliphatic rings. The zero-order chi connectivity index (χ0) is 14.0. The third-order valence-electron chi connectivity index (χ3n) is 4.11. The predicted molar refractivity (Wildman–Crippen MR) is 75.2 cm³/mol. The Labute approximate surface area is 118 Å². The summed E-state index contributed by atoms with van der Waals surface area (Å²) in [6, 6.07) is 3.68. The lowest BCUT2D eigenvalue weighted by molar-refractivity contribution is 0.0451. The molecule has 20 heavy (non-hydrogen) atoms. The molecule has 1 saturated carbocycles. The van der Waals surface area contributed by atoms with Crippen LogP contribution in [0.15, 0.2) is 35.2 Å². The second-order valence-electron chi connectivity index (χ2n) is 5.66. The summed E-state index contributed by atoms with van der Waals surface area (Å²) in [6.45, 7) is 0.561. The molecule has 0 bridgehead atoms. The average Bonchev–Trinajstić information content (AvgIpc) is 3.14. The number of aryl methyl sites for hydroxylation is 1. The molecule has 2 aromatic heterocycles. The molecular weight excluding hydrogens is 254 g/mol. The van der Waals surface area contributed by atoms with Gasteiger partial charge in [-0.2, -0.15) is 0 Å².